The van der Waals surface area contributed by atoms with Gasteiger partial charge in [-0.25, -0.2) is 0 Å². The molecule has 0 spiro atoms. The summed E-state index contributed by atoms with van der Waals surface area (Å²) in [6, 6.07) is 5.07. The maximum Gasteiger partial charge on any atom is 0.232 e. The highest BCUT2D eigenvalue weighted by atomic mass is 79.9. The standard InChI is InChI=1S/C13H15BrClN3O/c1-13(2,3)12-17-11(18-19-12)10(16)7-4-5-8(14)9(15)6-7/h4-6,10H,16H2,1-3H3. The van der Waals surface area contributed by atoms with Crippen LogP contribution < -0.4 is 5.73 Å². The summed E-state index contributed by atoms with van der Waals surface area (Å²) in [4.78, 5) is 4.35. The maximum atomic E-state index is 6.13. The van der Waals surface area contributed by atoms with Gasteiger partial charge in [0, 0.05) is 9.89 Å². The lowest BCUT2D eigenvalue weighted by molar-refractivity contribution is 0.317. The van der Waals surface area contributed by atoms with Gasteiger partial charge in [-0.15, -0.1) is 0 Å². The topological polar surface area (TPSA) is 64.9 Å². The fourth-order valence-electron chi connectivity index (χ4n) is 1.52. The minimum atomic E-state index is -0.453. The van der Waals surface area contributed by atoms with E-state index < -0.39 is 6.04 Å². The first-order valence-corrected chi connectivity index (χ1v) is 7.01. The minimum absolute atomic E-state index is 0.192. The maximum absolute atomic E-state index is 6.13. The van der Waals surface area contributed by atoms with Crippen LogP contribution >= 0.6 is 27.5 Å². The molecule has 0 aliphatic carbocycles. The molecule has 1 aromatic carbocycles. The molecule has 1 atom stereocenters. The van der Waals surface area contributed by atoms with E-state index in [1.165, 1.54) is 0 Å². The molecule has 2 rings (SSSR count). The van der Waals surface area contributed by atoms with Crippen molar-refractivity contribution in [1.82, 2.24) is 10.1 Å². The van der Waals surface area contributed by atoms with Crippen LogP contribution in [0.25, 0.3) is 0 Å². The molecular formula is C13H15BrClN3O. The summed E-state index contributed by atoms with van der Waals surface area (Å²) in [5.41, 5.74) is 6.78. The van der Waals surface area contributed by atoms with Crippen LogP contribution in [0.3, 0.4) is 0 Å². The molecule has 102 valence electrons. The van der Waals surface area contributed by atoms with Crippen molar-refractivity contribution in [3.63, 3.8) is 0 Å². The Balaban J connectivity index is 2.31. The molecule has 1 unspecified atom stereocenters. The number of benzene rings is 1. The first-order valence-electron chi connectivity index (χ1n) is 5.83. The van der Waals surface area contributed by atoms with Gasteiger partial charge in [-0.1, -0.05) is 43.6 Å². The lowest BCUT2D eigenvalue weighted by atomic mass is 9.97. The molecule has 2 aromatic rings. The van der Waals surface area contributed by atoms with Crippen LogP contribution in [0, 0.1) is 0 Å². The Morgan fingerprint density at radius 1 is 1.37 bits per heavy atom. The third-order valence-corrected chi connectivity index (χ3v) is 3.90. The van der Waals surface area contributed by atoms with Crippen LogP contribution in [-0.2, 0) is 5.41 Å². The van der Waals surface area contributed by atoms with E-state index >= 15 is 0 Å². The zero-order valence-corrected chi connectivity index (χ0v) is 13.3. The molecule has 4 nitrogen and oxygen atoms in total. The van der Waals surface area contributed by atoms with Gasteiger partial charge in [0.1, 0.15) is 0 Å². The average Bonchev–Trinajstić information content (AvgIpc) is 2.81. The molecule has 0 aliphatic rings. The monoisotopic (exact) mass is 343 g/mol. The first-order chi connectivity index (χ1) is 8.79. The van der Waals surface area contributed by atoms with Gasteiger partial charge in [-0.3, -0.25) is 0 Å². The second-order valence-electron chi connectivity index (χ2n) is 5.36. The Kier molecular flexibility index (Phi) is 3.99. The molecule has 0 saturated heterocycles. The molecule has 1 heterocycles. The number of rotatable bonds is 2. The van der Waals surface area contributed by atoms with E-state index in [0.717, 1.165) is 10.0 Å². The summed E-state index contributed by atoms with van der Waals surface area (Å²) in [5, 5.41) is 4.55. The summed E-state index contributed by atoms with van der Waals surface area (Å²) in [7, 11) is 0. The molecule has 0 radical (unpaired) electrons. The predicted molar refractivity (Wildman–Crippen MR) is 78.2 cm³/mol. The number of hydrogen-bond donors (Lipinski definition) is 1. The number of nitrogens with two attached hydrogens (primary N) is 1. The Morgan fingerprint density at radius 3 is 2.58 bits per heavy atom. The normalized spacial score (nSPS) is 13.6. The second kappa shape index (κ2) is 5.23. The first kappa shape index (κ1) is 14.5. The van der Waals surface area contributed by atoms with E-state index in [4.69, 9.17) is 21.9 Å². The average molecular weight is 345 g/mol. The molecule has 0 saturated carbocycles. The van der Waals surface area contributed by atoms with Crippen LogP contribution in [0.15, 0.2) is 27.2 Å². The zero-order valence-electron chi connectivity index (χ0n) is 10.9. The van der Waals surface area contributed by atoms with E-state index in [1.807, 2.05) is 32.9 Å². The van der Waals surface area contributed by atoms with Crippen molar-refractivity contribution < 1.29 is 4.52 Å². The summed E-state index contributed by atoms with van der Waals surface area (Å²) in [6.45, 7) is 6.02. The molecule has 0 amide bonds. The van der Waals surface area contributed by atoms with Gasteiger partial charge in [-0.05, 0) is 33.6 Å². The van der Waals surface area contributed by atoms with Crippen LogP contribution in [-0.4, -0.2) is 10.1 Å². The summed E-state index contributed by atoms with van der Waals surface area (Å²) in [5.74, 6) is 1.03. The number of hydrogen-bond acceptors (Lipinski definition) is 4. The number of aromatic nitrogens is 2. The van der Waals surface area contributed by atoms with Crippen molar-refractivity contribution in [2.45, 2.75) is 32.2 Å². The Bertz CT molecular complexity index is 592. The van der Waals surface area contributed by atoms with Gasteiger partial charge in [0.05, 0.1) is 11.1 Å². The van der Waals surface area contributed by atoms with Crippen LogP contribution in [0.1, 0.15) is 44.1 Å². The van der Waals surface area contributed by atoms with E-state index in [0.29, 0.717) is 16.7 Å². The molecule has 6 heteroatoms. The van der Waals surface area contributed by atoms with Crippen molar-refractivity contribution in [3.8, 4) is 0 Å². The highest BCUT2D eigenvalue weighted by Gasteiger charge is 2.24. The van der Waals surface area contributed by atoms with E-state index in [2.05, 4.69) is 26.1 Å². The van der Waals surface area contributed by atoms with Crippen molar-refractivity contribution in [2.75, 3.05) is 0 Å². The molecule has 2 N–H and O–H groups in total. The lowest BCUT2D eigenvalue weighted by Crippen LogP contribution is -2.15. The summed E-state index contributed by atoms with van der Waals surface area (Å²) < 4.78 is 6.07. The Hall–Kier alpha value is -0.910. The third-order valence-electron chi connectivity index (χ3n) is 2.66. The van der Waals surface area contributed by atoms with Gasteiger partial charge >= 0.3 is 0 Å². The fourth-order valence-corrected chi connectivity index (χ4v) is 1.96. The number of halogens is 2. The van der Waals surface area contributed by atoms with Crippen LogP contribution in [0.5, 0.6) is 0 Å². The largest absolute Gasteiger partial charge is 0.339 e. The van der Waals surface area contributed by atoms with Gasteiger partial charge < -0.3 is 10.3 Å². The van der Waals surface area contributed by atoms with Gasteiger partial charge in [0.15, 0.2) is 5.82 Å². The number of nitrogens with zero attached hydrogens (tertiary/aromatic N) is 2. The smallest absolute Gasteiger partial charge is 0.232 e. The highest BCUT2D eigenvalue weighted by molar-refractivity contribution is 9.10. The van der Waals surface area contributed by atoms with Gasteiger partial charge in [0.25, 0.3) is 0 Å². The van der Waals surface area contributed by atoms with Gasteiger partial charge in [-0.2, -0.15) is 4.98 Å². The second-order valence-corrected chi connectivity index (χ2v) is 6.62. The molecule has 0 fully saturated rings. The minimum Gasteiger partial charge on any atom is -0.339 e. The molecule has 0 bridgehead atoms. The van der Waals surface area contributed by atoms with E-state index in [-0.39, 0.29) is 5.41 Å². The lowest BCUT2D eigenvalue weighted by Gasteiger charge is -2.11. The highest BCUT2D eigenvalue weighted by Crippen LogP contribution is 2.28. The predicted octanol–water partition coefficient (Wildman–Crippen LogP) is 3.83. The van der Waals surface area contributed by atoms with Crippen LogP contribution in [0.2, 0.25) is 5.02 Å². The third kappa shape index (κ3) is 3.16. The van der Waals surface area contributed by atoms with Crippen molar-refractivity contribution >= 4 is 27.5 Å². The zero-order chi connectivity index (χ0) is 14.2. The SMILES string of the molecule is CC(C)(C)c1nc(C(N)c2ccc(Br)c(Cl)c2)no1. The Morgan fingerprint density at radius 2 is 2.05 bits per heavy atom. The van der Waals surface area contributed by atoms with E-state index in [9.17, 15) is 0 Å². The summed E-state index contributed by atoms with van der Waals surface area (Å²) >= 11 is 9.40. The molecule has 1 aromatic heterocycles. The van der Waals surface area contributed by atoms with Crippen molar-refractivity contribution in [3.05, 3.63) is 45.0 Å². The van der Waals surface area contributed by atoms with E-state index in [1.54, 1.807) is 6.07 Å². The van der Waals surface area contributed by atoms with Crippen molar-refractivity contribution in [1.29, 1.82) is 0 Å². The van der Waals surface area contributed by atoms with Gasteiger partial charge in [0.2, 0.25) is 5.89 Å². The molecule has 19 heavy (non-hydrogen) atoms. The van der Waals surface area contributed by atoms with Crippen LogP contribution in [0.4, 0.5) is 0 Å². The van der Waals surface area contributed by atoms with Crippen molar-refractivity contribution in [2.24, 2.45) is 5.73 Å². The molecular weight excluding hydrogens is 330 g/mol. The Labute approximate surface area is 125 Å². The molecule has 0 aliphatic heterocycles. The summed E-state index contributed by atoms with van der Waals surface area (Å²) in [6.07, 6.45) is 0. The fraction of sp³-hybridized carbons (Fsp3) is 0.385. The quantitative estimate of drug-likeness (QED) is 0.899.